The van der Waals surface area contributed by atoms with Crippen LogP contribution in [-0.2, 0) is 0 Å². The van der Waals surface area contributed by atoms with Crippen LogP contribution in [0.5, 0.6) is 0 Å². The molecule has 170 valence electrons. The Hall–Kier alpha value is -0.560. The maximum absolute atomic E-state index is 9.43. The molecule has 4 aliphatic carbocycles. The normalized spacial score (nSPS) is 43.1. The third-order valence-electron chi connectivity index (χ3n) is 10.7. The zero-order valence-corrected chi connectivity index (χ0v) is 20.5. The van der Waals surface area contributed by atoms with Crippen LogP contribution in [0.3, 0.4) is 0 Å². The molecule has 0 aromatic rings. The molecule has 3 fully saturated rings. The second-order valence-corrected chi connectivity index (χ2v) is 12.4. The first-order valence-electron chi connectivity index (χ1n) is 13.3. The van der Waals surface area contributed by atoms with Crippen LogP contribution in [-0.4, -0.2) is 11.7 Å². The van der Waals surface area contributed by atoms with Gasteiger partial charge < -0.3 is 5.11 Å². The zero-order valence-electron chi connectivity index (χ0n) is 20.5. The molecule has 4 aliphatic rings. The molecule has 0 aliphatic heterocycles. The van der Waals surface area contributed by atoms with Gasteiger partial charge in [0.2, 0.25) is 0 Å². The fourth-order valence-corrected chi connectivity index (χ4v) is 8.70. The maximum atomic E-state index is 9.43. The quantitative estimate of drug-likeness (QED) is 0.441. The molecule has 8 atom stereocenters. The third-order valence-corrected chi connectivity index (χ3v) is 10.7. The molecule has 3 saturated carbocycles. The average molecular weight is 413 g/mol. The summed E-state index contributed by atoms with van der Waals surface area (Å²) >= 11 is 0. The lowest BCUT2D eigenvalue weighted by atomic mass is 9.48. The zero-order chi connectivity index (χ0) is 21.5. The minimum atomic E-state index is 0.306. The van der Waals surface area contributed by atoms with Crippen LogP contribution in [0.4, 0.5) is 0 Å². The molecule has 0 spiro atoms. The van der Waals surface area contributed by atoms with E-state index in [1.807, 2.05) is 5.57 Å². The highest BCUT2D eigenvalue weighted by Gasteiger charge is 2.57. The Morgan fingerprint density at radius 1 is 0.967 bits per heavy atom. The second-order valence-electron chi connectivity index (χ2n) is 12.4. The monoisotopic (exact) mass is 412 g/mol. The van der Waals surface area contributed by atoms with E-state index >= 15 is 0 Å². The van der Waals surface area contributed by atoms with Gasteiger partial charge in [0.25, 0.3) is 0 Å². The predicted octanol–water partition coefficient (Wildman–Crippen LogP) is 7.80. The van der Waals surface area contributed by atoms with Gasteiger partial charge in [0.05, 0.1) is 0 Å². The van der Waals surface area contributed by atoms with E-state index in [2.05, 4.69) is 52.8 Å². The standard InChI is InChI=1S/C29H48O/c1-20(2)22(16-19-30)10-9-21(3)25-13-14-26-24-12-11-23-8-6-7-17-28(23,4)27(24)15-18-29(25,26)5/h9-10,12,20-23,25-27,30H,6-8,11,13-19H2,1-5H3/t21-,22+,23?,25-,26+,27+,28+,29-/m1/s1. The van der Waals surface area contributed by atoms with Crippen molar-refractivity contribution in [2.24, 2.45) is 52.3 Å². The summed E-state index contributed by atoms with van der Waals surface area (Å²) in [6, 6.07) is 0. The van der Waals surface area contributed by atoms with E-state index in [4.69, 9.17) is 0 Å². The number of hydrogen-bond acceptors (Lipinski definition) is 1. The summed E-state index contributed by atoms with van der Waals surface area (Å²) in [6.45, 7) is 12.7. The lowest BCUT2D eigenvalue weighted by Crippen LogP contribution is -2.48. The van der Waals surface area contributed by atoms with E-state index in [0.29, 0.717) is 35.2 Å². The molecule has 1 unspecified atom stereocenters. The Morgan fingerprint density at radius 2 is 1.73 bits per heavy atom. The molecule has 0 aromatic heterocycles. The van der Waals surface area contributed by atoms with Crippen LogP contribution in [0, 0.1) is 52.3 Å². The van der Waals surface area contributed by atoms with E-state index in [0.717, 1.165) is 30.1 Å². The fourth-order valence-electron chi connectivity index (χ4n) is 8.70. The summed E-state index contributed by atoms with van der Waals surface area (Å²) in [4.78, 5) is 0. The number of allylic oxidation sites excluding steroid dienone is 4. The van der Waals surface area contributed by atoms with Crippen molar-refractivity contribution in [3.8, 4) is 0 Å². The minimum absolute atomic E-state index is 0.306. The van der Waals surface area contributed by atoms with E-state index in [1.165, 1.54) is 57.8 Å². The van der Waals surface area contributed by atoms with Crippen molar-refractivity contribution >= 4 is 0 Å². The van der Waals surface area contributed by atoms with Crippen molar-refractivity contribution in [1.82, 2.24) is 0 Å². The van der Waals surface area contributed by atoms with E-state index in [9.17, 15) is 5.11 Å². The molecular weight excluding hydrogens is 364 g/mol. The van der Waals surface area contributed by atoms with E-state index in [-0.39, 0.29) is 0 Å². The molecule has 1 nitrogen and oxygen atoms in total. The van der Waals surface area contributed by atoms with Crippen molar-refractivity contribution in [2.75, 3.05) is 6.61 Å². The molecule has 0 aromatic carbocycles. The molecule has 30 heavy (non-hydrogen) atoms. The van der Waals surface area contributed by atoms with Gasteiger partial charge in [-0.2, -0.15) is 0 Å². The smallest absolute Gasteiger partial charge is 0.0436 e. The molecule has 0 amide bonds. The molecule has 0 heterocycles. The largest absolute Gasteiger partial charge is 0.396 e. The number of hydrogen-bond donors (Lipinski definition) is 1. The van der Waals surface area contributed by atoms with Gasteiger partial charge in [-0.15, -0.1) is 0 Å². The summed E-state index contributed by atoms with van der Waals surface area (Å²) in [7, 11) is 0. The summed E-state index contributed by atoms with van der Waals surface area (Å²) < 4.78 is 0. The Bertz CT molecular complexity index is 659. The Morgan fingerprint density at radius 3 is 2.47 bits per heavy atom. The molecular formula is C29H48O. The molecule has 0 bridgehead atoms. The first kappa shape index (κ1) is 22.6. The van der Waals surface area contributed by atoms with Gasteiger partial charge in [0.1, 0.15) is 0 Å². The lowest BCUT2D eigenvalue weighted by molar-refractivity contribution is -0.00481. The van der Waals surface area contributed by atoms with Gasteiger partial charge >= 0.3 is 0 Å². The van der Waals surface area contributed by atoms with Crippen LogP contribution >= 0.6 is 0 Å². The first-order valence-corrected chi connectivity index (χ1v) is 13.3. The Balaban J connectivity index is 1.52. The molecule has 0 saturated heterocycles. The van der Waals surface area contributed by atoms with Gasteiger partial charge in [0, 0.05) is 6.61 Å². The van der Waals surface area contributed by atoms with Crippen LogP contribution in [0.25, 0.3) is 0 Å². The predicted molar refractivity (Wildman–Crippen MR) is 128 cm³/mol. The second kappa shape index (κ2) is 8.76. The van der Waals surface area contributed by atoms with Crippen molar-refractivity contribution in [1.29, 1.82) is 0 Å². The van der Waals surface area contributed by atoms with Crippen molar-refractivity contribution in [3.63, 3.8) is 0 Å². The van der Waals surface area contributed by atoms with E-state index in [1.54, 1.807) is 0 Å². The maximum Gasteiger partial charge on any atom is 0.0436 e. The van der Waals surface area contributed by atoms with Gasteiger partial charge in [0.15, 0.2) is 0 Å². The van der Waals surface area contributed by atoms with Gasteiger partial charge in [-0.25, -0.2) is 0 Å². The molecule has 1 N–H and O–H groups in total. The van der Waals surface area contributed by atoms with Gasteiger partial charge in [-0.3, -0.25) is 0 Å². The van der Waals surface area contributed by atoms with Gasteiger partial charge in [-0.05, 0) is 104 Å². The summed E-state index contributed by atoms with van der Waals surface area (Å²) in [5, 5.41) is 9.43. The molecule has 4 rings (SSSR count). The highest BCUT2D eigenvalue weighted by molar-refractivity contribution is 5.28. The number of rotatable bonds is 6. The van der Waals surface area contributed by atoms with Crippen LogP contribution in [0.2, 0.25) is 0 Å². The summed E-state index contributed by atoms with van der Waals surface area (Å²) in [5.41, 5.74) is 3.00. The third kappa shape index (κ3) is 3.76. The highest BCUT2D eigenvalue weighted by atomic mass is 16.3. The Kier molecular flexibility index (Phi) is 6.61. The first-order chi connectivity index (χ1) is 14.3. The summed E-state index contributed by atoms with van der Waals surface area (Å²) in [6.07, 6.45) is 21.6. The van der Waals surface area contributed by atoms with E-state index < -0.39 is 0 Å². The minimum Gasteiger partial charge on any atom is -0.396 e. The topological polar surface area (TPSA) is 20.2 Å². The SMILES string of the molecule is CC(C)[C@@H](C=C[C@@H](C)[C@H]1CC[C@H]2C3=CCC4CCCC[C@]4(C)[C@H]3CC[C@]12C)CCO. The Labute approximate surface area is 186 Å². The lowest BCUT2D eigenvalue weighted by Gasteiger charge is -2.57. The van der Waals surface area contributed by atoms with Crippen LogP contribution in [0.1, 0.15) is 98.8 Å². The average Bonchev–Trinajstić information content (AvgIpc) is 3.07. The van der Waals surface area contributed by atoms with Crippen molar-refractivity contribution in [3.05, 3.63) is 23.8 Å². The van der Waals surface area contributed by atoms with Crippen molar-refractivity contribution in [2.45, 2.75) is 98.8 Å². The molecule has 1 heteroatoms. The molecule has 0 radical (unpaired) electrons. The van der Waals surface area contributed by atoms with Gasteiger partial charge in [-0.1, -0.05) is 71.3 Å². The van der Waals surface area contributed by atoms with Crippen LogP contribution in [0.15, 0.2) is 23.8 Å². The summed E-state index contributed by atoms with van der Waals surface area (Å²) in [5.74, 6) is 5.28. The number of aliphatic hydroxyl groups excluding tert-OH is 1. The highest BCUT2D eigenvalue weighted by Crippen LogP contribution is 2.66. The fraction of sp³-hybridized carbons (Fsp3) is 0.862. The van der Waals surface area contributed by atoms with Crippen LogP contribution < -0.4 is 0 Å². The van der Waals surface area contributed by atoms with Crippen molar-refractivity contribution < 1.29 is 5.11 Å². The number of fused-ring (bicyclic) bond motifs is 5. The number of aliphatic hydroxyl groups is 1.